The minimum absolute atomic E-state index is 0.0235. The number of hydrogen-bond donors (Lipinski definition) is 1. The van der Waals surface area contributed by atoms with Gasteiger partial charge in [0.05, 0.1) is 35.2 Å². The Labute approximate surface area is 165 Å². The van der Waals surface area contributed by atoms with Crippen LogP contribution in [-0.2, 0) is 23.8 Å². The lowest BCUT2D eigenvalue weighted by atomic mass is 9.71. The average molecular weight is 398 g/mol. The van der Waals surface area contributed by atoms with Gasteiger partial charge in [-0.1, -0.05) is 12.1 Å². The molecule has 1 N–H and O–H groups in total. The zero-order valence-electron chi connectivity index (χ0n) is 15.8. The fraction of sp³-hybridized carbons (Fsp3) is 0.429. The fourth-order valence-electron chi connectivity index (χ4n) is 4.78. The Morgan fingerprint density at radius 1 is 1.03 bits per heavy atom. The first-order valence-electron chi connectivity index (χ1n) is 9.48. The van der Waals surface area contributed by atoms with Gasteiger partial charge in [-0.15, -0.1) is 0 Å². The summed E-state index contributed by atoms with van der Waals surface area (Å²) in [6.07, 6.45) is -2.44. The second kappa shape index (κ2) is 5.84. The molecule has 1 spiro atoms. The second-order valence-corrected chi connectivity index (χ2v) is 7.91. The van der Waals surface area contributed by atoms with Gasteiger partial charge < -0.3 is 19.3 Å². The standard InChI is InChI=1S/C21H18O8/c1-8-6-12(23)9(2)21(28-8)17-16(20-13(29-21)7-14(24)27-20)18(25)10-4-3-5-11(22)15(10)19(17)26/h3-5,8-9,13,20,22H,6-7H2,1-2H3/t8-,9-,13-,20+,21+/m1/s1. The molecule has 0 radical (unpaired) electrons. The van der Waals surface area contributed by atoms with Crippen molar-refractivity contribution < 1.29 is 38.5 Å². The third kappa shape index (κ3) is 2.27. The number of Topliss-reactive ketones (excluding diaryl/α,β-unsaturated/α-hetero) is 3. The van der Waals surface area contributed by atoms with Gasteiger partial charge in [0.1, 0.15) is 17.6 Å². The highest BCUT2D eigenvalue weighted by Gasteiger charge is 2.63. The van der Waals surface area contributed by atoms with E-state index in [1.54, 1.807) is 13.8 Å². The lowest BCUT2D eigenvalue weighted by molar-refractivity contribution is -0.291. The molecule has 29 heavy (non-hydrogen) atoms. The molecule has 0 unspecified atom stereocenters. The van der Waals surface area contributed by atoms with Gasteiger partial charge in [0.2, 0.25) is 5.79 Å². The molecule has 1 aromatic carbocycles. The Kier molecular flexibility index (Phi) is 3.66. The minimum Gasteiger partial charge on any atom is -0.507 e. The van der Waals surface area contributed by atoms with Crippen LogP contribution in [0, 0.1) is 5.92 Å². The summed E-state index contributed by atoms with van der Waals surface area (Å²) in [6, 6.07) is 4.21. The molecule has 8 nitrogen and oxygen atoms in total. The highest BCUT2D eigenvalue weighted by molar-refractivity contribution is 6.29. The van der Waals surface area contributed by atoms with E-state index in [2.05, 4.69) is 0 Å². The predicted octanol–water partition coefficient (Wildman–Crippen LogP) is 1.49. The van der Waals surface area contributed by atoms with Crippen molar-refractivity contribution in [2.75, 3.05) is 0 Å². The van der Waals surface area contributed by atoms with Crippen LogP contribution in [0.3, 0.4) is 0 Å². The molecule has 0 bridgehead atoms. The van der Waals surface area contributed by atoms with E-state index < -0.39 is 47.6 Å². The van der Waals surface area contributed by atoms with E-state index in [-0.39, 0.29) is 46.6 Å². The molecule has 4 aliphatic rings. The van der Waals surface area contributed by atoms with E-state index in [9.17, 15) is 24.3 Å². The molecule has 3 aliphatic heterocycles. The van der Waals surface area contributed by atoms with E-state index in [1.165, 1.54) is 18.2 Å². The number of carbonyl (C=O) groups excluding carboxylic acids is 4. The molecule has 0 amide bonds. The number of benzene rings is 1. The highest BCUT2D eigenvalue weighted by Crippen LogP contribution is 2.51. The van der Waals surface area contributed by atoms with Gasteiger partial charge in [-0.05, 0) is 19.9 Å². The molecular formula is C21H18O8. The summed E-state index contributed by atoms with van der Waals surface area (Å²) in [5.41, 5.74) is -0.317. The maximum absolute atomic E-state index is 13.5. The molecule has 150 valence electrons. The SMILES string of the molecule is C[C@@H]1CC(=O)[C@@H](C)[C@]2(O1)O[C@@H]1CC(=O)O[C@@H]1C1=C2C(=O)c2c(O)cccc2C1=O. The summed E-state index contributed by atoms with van der Waals surface area (Å²) in [7, 11) is 0. The summed E-state index contributed by atoms with van der Waals surface area (Å²) >= 11 is 0. The topological polar surface area (TPSA) is 116 Å². The molecular weight excluding hydrogens is 380 g/mol. The molecule has 5 atom stereocenters. The van der Waals surface area contributed by atoms with Crippen molar-refractivity contribution in [2.45, 2.75) is 50.8 Å². The van der Waals surface area contributed by atoms with Crippen LogP contribution in [0.15, 0.2) is 29.3 Å². The van der Waals surface area contributed by atoms with Crippen LogP contribution in [0.4, 0.5) is 0 Å². The van der Waals surface area contributed by atoms with Gasteiger partial charge in [0.25, 0.3) is 0 Å². The zero-order valence-corrected chi connectivity index (χ0v) is 15.8. The quantitative estimate of drug-likeness (QED) is 0.654. The number of hydrogen-bond acceptors (Lipinski definition) is 8. The third-order valence-corrected chi connectivity index (χ3v) is 6.10. The van der Waals surface area contributed by atoms with E-state index in [0.29, 0.717) is 0 Å². The van der Waals surface area contributed by atoms with Gasteiger partial charge in [0, 0.05) is 12.0 Å². The Balaban J connectivity index is 1.81. The number of ketones is 3. The zero-order chi connectivity index (χ0) is 20.7. The first-order valence-corrected chi connectivity index (χ1v) is 9.48. The summed E-state index contributed by atoms with van der Waals surface area (Å²) < 4.78 is 17.5. The van der Waals surface area contributed by atoms with E-state index in [4.69, 9.17) is 14.2 Å². The van der Waals surface area contributed by atoms with Gasteiger partial charge in [-0.25, -0.2) is 0 Å². The lowest BCUT2D eigenvalue weighted by Crippen LogP contribution is -2.61. The average Bonchev–Trinajstić information content (AvgIpc) is 3.02. The first kappa shape index (κ1) is 18.2. The van der Waals surface area contributed by atoms with Gasteiger partial charge in [-0.2, -0.15) is 0 Å². The van der Waals surface area contributed by atoms with E-state index >= 15 is 0 Å². The van der Waals surface area contributed by atoms with Crippen LogP contribution in [0.2, 0.25) is 0 Å². The van der Waals surface area contributed by atoms with E-state index in [0.717, 1.165) is 0 Å². The molecule has 8 heteroatoms. The Bertz CT molecular complexity index is 1040. The van der Waals surface area contributed by atoms with Gasteiger partial charge in [-0.3, -0.25) is 19.2 Å². The monoisotopic (exact) mass is 398 g/mol. The number of rotatable bonds is 0. The lowest BCUT2D eigenvalue weighted by Gasteiger charge is -2.50. The largest absolute Gasteiger partial charge is 0.507 e. The summed E-state index contributed by atoms with van der Waals surface area (Å²) in [4.78, 5) is 51.6. The minimum atomic E-state index is -1.81. The van der Waals surface area contributed by atoms with Crippen LogP contribution in [0.5, 0.6) is 5.75 Å². The number of phenolic OH excluding ortho intramolecular Hbond substituents is 1. The molecule has 1 aromatic rings. The molecule has 0 saturated carbocycles. The van der Waals surface area contributed by atoms with Crippen LogP contribution in [0.25, 0.3) is 0 Å². The Hall–Kier alpha value is -2.84. The van der Waals surface area contributed by atoms with Crippen molar-refractivity contribution in [3.8, 4) is 5.75 Å². The molecule has 2 fully saturated rings. The normalized spacial score (nSPS) is 36.1. The molecule has 1 aliphatic carbocycles. The van der Waals surface area contributed by atoms with Crippen molar-refractivity contribution >= 4 is 23.3 Å². The van der Waals surface area contributed by atoms with Crippen LogP contribution >= 0.6 is 0 Å². The smallest absolute Gasteiger partial charge is 0.309 e. The van der Waals surface area contributed by atoms with E-state index in [1.807, 2.05) is 0 Å². The van der Waals surface area contributed by atoms with Gasteiger partial charge >= 0.3 is 5.97 Å². The Morgan fingerprint density at radius 3 is 2.55 bits per heavy atom. The first-order chi connectivity index (χ1) is 13.7. The number of esters is 1. The second-order valence-electron chi connectivity index (χ2n) is 7.91. The van der Waals surface area contributed by atoms with Gasteiger partial charge in [0.15, 0.2) is 17.7 Å². The van der Waals surface area contributed by atoms with Crippen molar-refractivity contribution in [1.29, 1.82) is 0 Å². The summed E-state index contributed by atoms with van der Waals surface area (Å²) in [6.45, 7) is 3.26. The number of phenols is 1. The predicted molar refractivity (Wildman–Crippen MR) is 95.2 cm³/mol. The molecule has 0 aromatic heterocycles. The van der Waals surface area contributed by atoms with Crippen molar-refractivity contribution in [1.82, 2.24) is 0 Å². The number of carbonyl (C=O) groups is 4. The number of aromatic hydroxyl groups is 1. The van der Waals surface area contributed by atoms with Crippen LogP contribution < -0.4 is 0 Å². The van der Waals surface area contributed by atoms with Crippen LogP contribution in [-0.4, -0.2) is 52.5 Å². The summed E-state index contributed by atoms with van der Waals surface area (Å²) in [5.74, 6) is -5.00. The van der Waals surface area contributed by atoms with Crippen molar-refractivity contribution in [2.24, 2.45) is 5.92 Å². The van der Waals surface area contributed by atoms with Crippen molar-refractivity contribution in [3.63, 3.8) is 0 Å². The summed E-state index contributed by atoms with van der Waals surface area (Å²) in [5, 5.41) is 10.3. The third-order valence-electron chi connectivity index (χ3n) is 6.10. The fourth-order valence-corrected chi connectivity index (χ4v) is 4.78. The Morgan fingerprint density at radius 2 is 1.79 bits per heavy atom. The molecule has 2 saturated heterocycles. The molecule has 5 rings (SSSR count). The number of fused-ring (bicyclic) bond motifs is 4. The maximum atomic E-state index is 13.5. The van der Waals surface area contributed by atoms with Crippen molar-refractivity contribution in [3.05, 3.63) is 40.5 Å². The highest BCUT2D eigenvalue weighted by atomic mass is 16.7. The number of ether oxygens (including phenoxy) is 3. The maximum Gasteiger partial charge on any atom is 0.309 e. The molecule has 3 heterocycles. The van der Waals surface area contributed by atoms with Crippen LogP contribution in [0.1, 0.15) is 47.4 Å².